The summed E-state index contributed by atoms with van der Waals surface area (Å²) < 4.78 is 5.93. The van der Waals surface area contributed by atoms with Crippen LogP contribution in [-0.4, -0.2) is 46.9 Å². The van der Waals surface area contributed by atoms with Crippen LogP contribution >= 0.6 is 0 Å². The van der Waals surface area contributed by atoms with Crippen molar-refractivity contribution < 1.29 is 24.5 Å². The van der Waals surface area contributed by atoms with Gasteiger partial charge in [0.05, 0.1) is 25.2 Å². The van der Waals surface area contributed by atoms with Crippen LogP contribution in [0.4, 0.5) is 0 Å². The molecule has 0 aromatic rings. The molecule has 68 heavy (non-hydrogen) atoms. The molecule has 0 saturated heterocycles. The third-order valence-electron chi connectivity index (χ3n) is 13.4. The molecule has 3 atom stereocenters. The Balaban J connectivity index is 4.61. The molecule has 0 spiro atoms. The van der Waals surface area contributed by atoms with E-state index in [0.717, 1.165) is 77.0 Å². The maximum Gasteiger partial charge on any atom is 0.306 e. The molecule has 0 heterocycles. The summed E-state index contributed by atoms with van der Waals surface area (Å²) in [5.74, 6) is -0.536. The summed E-state index contributed by atoms with van der Waals surface area (Å²) in [4.78, 5) is 26.3. The van der Waals surface area contributed by atoms with Crippen molar-refractivity contribution in [2.75, 3.05) is 6.61 Å². The summed E-state index contributed by atoms with van der Waals surface area (Å²) >= 11 is 0. The molecule has 0 bridgehead atoms. The zero-order chi connectivity index (χ0) is 49.5. The molecule has 1 amide bonds. The van der Waals surface area contributed by atoms with Gasteiger partial charge in [-0.25, -0.2) is 0 Å². The molecule has 6 heteroatoms. The molecule has 3 N–H and O–H groups in total. The standard InChI is InChI=1S/C62H113NO5/c1-4-7-10-13-16-19-22-25-28-30-32-34-37-40-43-46-49-52-55-62(67)68-58(53-50-47-44-41-38-35-27-24-21-18-15-12-9-6-3)56-61(66)63-59(57-64)60(65)54-51-48-45-42-39-36-33-31-29-26-23-20-17-14-11-8-5-2/h22,25,28,30,32,34-35,38,41,44,58-60,64-65H,4-21,23-24,26-27,29,31,33,36-37,39-40,42-43,45-57H2,1-3H3,(H,63,66)/b25-22+,30-28+,34-32+,38-35+,44-41+. The van der Waals surface area contributed by atoms with E-state index in [1.54, 1.807) is 0 Å². The van der Waals surface area contributed by atoms with E-state index in [4.69, 9.17) is 4.74 Å². The Morgan fingerprint density at radius 2 is 0.765 bits per heavy atom. The minimum absolute atomic E-state index is 0.0360. The fourth-order valence-corrected chi connectivity index (χ4v) is 8.90. The van der Waals surface area contributed by atoms with Crippen molar-refractivity contribution in [3.63, 3.8) is 0 Å². The smallest absolute Gasteiger partial charge is 0.306 e. The van der Waals surface area contributed by atoms with Gasteiger partial charge >= 0.3 is 5.97 Å². The molecular weight excluding hydrogens is 839 g/mol. The quantitative estimate of drug-likeness (QED) is 0.0321. The van der Waals surface area contributed by atoms with Crippen LogP contribution in [0.1, 0.15) is 297 Å². The summed E-state index contributed by atoms with van der Waals surface area (Å²) in [5.41, 5.74) is 0. The van der Waals surface area contributed by atoms with E-state index in [1.165, 1.54) is 173 Å². The van der Waals surface area contributed by atoms with Crippen LogP contribution in [0.15, 0.2) is 60.8 Å². The molecule has 0 aliphatic rings. The Bertz CT molecular complexity index is 1210. The molecule has 0 aromatic carbocycles. The summed E-state index contributed by atoms with van der Waals surface area (Å²) in [6.45, 7) is 6.47. The first-order valence-electron chi connectivity index (χ1n) is 29.6. The predicted octanol–water partition coefficient (Wildman–Crippen LogP) is 18.4. The van der Waals surface area contributed by atoms with Gasteiger partial charge in [0.1, 0.15) is 6.10 Å². The lowest BCUT2D eigenvalue weighted by atomic mass is 10.0. The van der Waals surface area contributed by atoms with E-state index < -0.39 is 18.2 Å². The van der Waals surface area contributed by atoms with Crippen LogP contribution in [-0.2, 0) is 14.3 Å². The maximum atomic E-state index is 13.3. The van der Waals surface area contributed by atoms with Gasteiger partial charge in [0.15, 0.2) is 0 Å². The fourth-order valence-electron chi connectivity index (χ4n) is 8.90. The van der Waals surface area contributed by atoms with Crippen molar-refractivity contribution in [2.24, 2.45) is 0 Å². The maximum absolute atomic E-state index is 13.3. The van der Waals surface area contributed by atoms with Crippen LogP contribution in [0.5, 0.6) is 0 Å². The number of carbonyl (C=O) groups excluding carboxylic acids is 2. The first-order chi connectivity index (χ1) is 33.5. The fraction of sp³-hybridized carbons (Fsp3) is 0.806. The lowest BCUT2D eigenvalue weighted by molar-refractivity contribution is -0.151. The highest BCUT2D eigenvalue weighted by Gasteiger charge is 2.24. The Kier molecular flexibility index (Phi) is 53.5. The predicted molar refractivity (Wildman–Crippen MR) is 296 cm³/mol. The first kappa shape index (κ1) is 65.6. The van der Waals surface area contributed by atoms with E-state index in [1.807, 2.05) is 0 Å². The lowest BCUT2D eigenvalue weighted by Gasteiger charge is -2.24. The largest absolute Gasteiger partial charge is 0.462 e. The third kappa shape index (κ3) is 50.0. The number of aliphatic hydroxyl groups excluding tert-OH is 2. The highest BCUT2D eigenvalue weighted by molar-refractivity contribution is 5.77. The molecular formula is C62H113NO5. The Hall–Kier alpha value is -2.44. The van der Waals surface area contributed by atoms with Gasteiger partial charge in [0, 0.05) is 6.42 Å². The number of allylic oxidation sites excluding steroid dienone is 10. The van der Waals surface area contributed by atoms with Crippen molar-refractivity contribution in [3.05, 3.63) is 60.8 Å². The number of ether oxygens (including phenoxy) is 1. The van der Waals surface area contributed by atoms with Gasteiger partial charge in [-0.1, -0.05) is 274 Å². The van der Waals surface area contributed by atoms with Crippen molar-refractivity contribution >= 4 is 11.9 Å². The summed E-state index contributed by atoms with van der Waals surface area (Å²) in [6.07, 6.45) is 70.0. The number of esters is 1. The number of carbonyl (C=O) groups is 2. The monoisotopic (exact) mass is 952 g/mol. The second kappa shape index (κ2) is 55.5. The van der Waals surface area contributed by atoms with Gasteiger partial charge in [0.25, 0.3) is 0 Å². The van der Waals surface area contributed by atoms with E-state index in [-0.39, 0.29) is 24.9 Å². The van der Waals surface area contributed by atoms with Crippen molar-refractivity contribution in [2.45, 2.75) is 315 Å². The highest BCUT2D eigenvalue weighted by Crippen LogP contribution is 2.18. The summed E-state index contributed by atoms with van der Waals surface area (Å²) in [6, 6.07) is -0.723. The summed E-state index contributed by atoms with van der Waals surface area (Å²) in [5, 5.41) is 23.9. The van der Waals surface area contributed by atoms with E-state index in [2.05, 4.69) is 86.8 Å². The number of nitrogens with one attached hydrogen (secondary N) is 1. The van der Waals surface area contributed by atoms with Gasteiger partial charge in [-0.2, -0.15) is 0 Å². The van der Waals surface area contributed by atoms with E-state index in [9.17, 15) is 19.8 Å². The molecule has 0 saturated carbocycles. The van der Waals surface area contributed by atoms with Gasteiger partial charge in [-0.15, -0.1) is 0 Å². The normalized spacial score (nSPS) is 13.5. The second-order valence-electron chi connectivity index (χ2n) is 20.1. The van der Waals surface area contributed by atoms with Crippen LogP contribution < -0.4 is 5.32 Å². The third-order valence-corrected chi connectivity index (χ3v) is 13.4. The Morgan fingerprint density at radius 1 is 0.426 bits per heavy atom. The van der Waals surface area contributed by atoms with Crippen LogP contribution in [0.2, 0.25) is 0 Å². The molecule has 0 radical (unpaired) electrons. The molecule has 3 unspecified atom stereocenters. The van der Waals surface area contributed by atoms with Gasteiger partial charge in [-0.05, 0) is 70.6 Å². The number of aliphatic hydroxyl groups is 2. The average Bonchev–Trinajstić information content (AvgIpc) is 3.33. The van der Waals surface area contributed by atoms with Crippen molar-refractivity contribution in [1.29, 1.82) is 0 Å². The summed E-state index contributed by atoms with van der Waals surface area (Å²) in [7, 11) is 0. The van der Waals surface area contributed by atoms with Crippen molar-refractivity contribution in [3.8, 4) is 0 Å². The van der Waals surface area contributed by atoms with Gasteiger partial charge in [-0.3, -0.25) is 9.59 Å². The topological polar surface area (TPSA) is 95.9 Å². The van der Waals surface area contributed by atoms with Crippen LogP contribution in [0.3, 0.4) is 0 Å². The molecule has 0 rings (SSSR count). The van der Waals surface area contributed by atoms with Crippen LogP contribution in [0, 0.1) is 0 Å². The average molecular weight is 953 g/mol. The SMILES string of the molecule is CCCCCCC/C=C/C=C/C=C/CCCCCCCC(=O)OC(CCC/C=C/C=C/CCCCCCCCC)CC(=O)NC(CO)C(O)CCCCCCCCCCCCCCCCCCC. The molecule has 0 fully saturated rings. The number of hydrogen-bond acceptors (Lipinski definition) is 5. The number of hydrogen-bond donors (Lipinski definition) is 3. The van der Waals surface area contributed by atoms with Gasteiger partial charge < -0.3 is 20.3 Å². The Labute approximate surface area is 422 Å². The molecule has 0 aromatic heterocycles. The number of unbranched alkanes of at least 4 members (excludes halogenated alkanes) is 34. The minimum Gasteiger partial charge on any atom is -0.462 e. The first-order valence-corrected chi connectivity index (χ1v) is 29.6. The van der Waals surface area contributed by atoms with E-state index >= 15 is 0 Å². The highest BCUT2D eigenvalue weighted by atomic mass is 16.5. The molecule has 6 nitrogen and oxygen atoms in total. The van der Waals surface area contributed by atoms with E-state index in [0.29, 0.717) is 19.3 Å². The minimum atomic E-state index is -0.805. The zero-order valence-electron chi connectivity index (χ0n) is 45.2. The molecule has 396 valence electrons. The number of rotatable bonds is 53. The second-order valence-corrected chi connectivity index (χ2v) is 20.1. The van der Waals surface area contributed by atoms with Crippen LogP contribution in [0.25, 0.3) is 0 Å². The number of amides is 1. The zero-order valence-corrected chi connectivity index (χ0v) is 45.2. The molecule has 0 aliphatic heterocycles. The van der Waals surface area contributed by atoms with Crippen molar-refractivity contribution in [1.82, 2.24) is 5.32 Å². The van der Waals surface area contributed by atoms with Gasteiger partial charge in [0.2, 0.25) is 5.91 Å². The molecule has 0 aliphatic carbocycles. The Morgan fingerprint density at radius 3 is 1.16 bits per heavy atom. The lowest BCUT2D eigenvalue weighted by Crippen LogP contribution is -2.46.